The van der Waals surface area contributed by atoms with E-state index in [0.29, 0.717) is 17.6 Å². The lowest BCUT2D eigenvalue weighted by molar-refractivity contribution is -0.114. The van der Waals surface area contributed by atoms with Crippen LogP contribution in [0.4, 0.5) is 5.13 Å². The van der Waals surface area contributed by atoms with E-state index in [4.69, 9.17) is 5.73 Å². The zero-order chi connectivity index (χ0) is 10.7. The van der Waals surface area contributed by atoms with Crippen LogP contribution in [0.1, 0.15) is 37.3 Å². The quantitative estimate of drug-likeness (QED) is 0.802. The van der Waals surface area contributed by atoms with Gasteiger partial charge in [0.15, 0.2) is 5.13 Å². The molecule has 1 heterocycles. The highest BCUT2D eigenvalue weighted by molar-refractivity contribution is 7.15. The van der Waals surface area contributed by atoms with Gasteiger partial charge in [0, 0.05) is 18.3 Å². The van der Waals surface area contributed by atoms with E-state index in [-0.39, 0.29) is 5.91 Å². The van der Waals surface area contributed by atoms with E-state index in [1.54, 1.807) is 0 Å². The maximum atomic E-state index is 10.8. The Morgan fingerprint density at radius 1 is 1.64 bits per heavy atom. The van der Waals surface area contributed by atoms with Gasteiger partial charge in [0.1, 0.15) is 0 Å². The first-order valence-corrected chi connectivity index (χ1v) is 5.33. The average Bonchev–Trinajstić information content (AvgIpc) is 2.46. The average molecular weight is 213 g/mol. The summed E-state index contributed by atoms with van der Waals surface area (Å²) < 4.78 is 0. The highest BCUT2D eigenvalue weighted by atomic mass is 32.1. The van der Waals surface area contributed by atoms with Gasteiger partial charge in [-0.25, -0.2) is 4.98 Å². The topological polar surface area (TPSA) is 68.0 Å². The minimum Gasteiger partial charge on any atom is -0.326 e. The Bertz CT molecular complexity index is 333. The number of anilines is 1. The third kappa shape index (κ3) is 2.52. The van der Waals surface area contributed by atoms with Gasteiger partial charge in [-0.1, -0.05) is 13.8 Å². The van der Waals surface area contributed by atoms with Crippen LogP contribution in [0.3, 0.4) is 0 Å². The van der Waals surface area contributed by atoms with E-state index in [2.05, 4.69) is 24.1 Å². The maximum absolute atomic E-state index is 10.8. The summed E-state index contributed by atoms with van der Waals surface area (Å²) in [7, 11) is 0. The van der Waals surface area contributed by atoms with Crippen molar-refractivity contribution in [1.82, 2.24) is 4.98 Å². The fourth-order valence-corrected chi connectivity index (χ4v) is 2.21. The van der Waals surface area contributed by atoms with Gasteiger partial charge in [-0.2, -0.15) is 0 Å². The minimum atomic E-state index is -0.0994. The van der Waals surface area contributed by atoms with Crippen LogP contribution in [0.25, 0.3) is 0 Å². The summed E-state index contributed by atoms with van der Waals surface area (Å²) in [6.07, 6.45) is 0. The largest absolute Gasteiger partial charge is 0.326 e. The maximum Gasteiger partial charge on any atom is 0.223 e. The van der Waals surface area contributed by atoms with E-state index in [0.717, 1.165) is 10.6 Å². The summed E-state index contributed by atoms with van der Waals surface area (Å²) in [4.78, 5) is 16.2. The molecule has 5 heteroatoms. The van der Waals surface area contributed by atoms with Gasteiger partial charge in [-0.05, 0) is 5.92 Å². The van der Waals surface area contributed by atoms with E-state index < -0.39 is 0 Å². The standard InChI is InChI=1S/C9H15N3OS/c1-5(2)8-7(4-10)14-9(12-8)11-6(3)13/h5H,4,10H2,1-3H3,(H,11,12,13). The number of nitrogens with one attached hydrogen (secondary N) is 1. The molecule has 0 aromatic carbocycles. The first-order chi connectivity index (χ1) is 6.54. The van der Waals surface area contributed by atoms with Crippen molar-refractivity contribution in [2.45, 2.75) is 33.2 Å². The van der Waals surface area contributed by atoms with Gasteiger partial charge in [0.2, 0.25) is 5.91 Å². The molecule has 4 nitrogen and oxygen atoms in total. The fourth-order valence-electron chi connectivity index (χ4n) is 1.16. The number of amides is 1. The second-order valence-corrected chi connectivity index (χ2v) is 4.45. The summed E-state index contributed by atoms with van der Waals surface area (Å²) in [5.74, 6) is 0.241. The van der Waals surface area contributed by atoms with Gasteiger partial charge in [-0.3, -0.25) is 4.79 Å². The number of nitrogens with zero attached hydrogens (tertiary/aromatic N) is 1. The van der Waals surface area contributed by atoms with Crippen molar-refractivity contribution in [3.8, 4) is 0 Å². The molecule has 1 amide bonds. The molecular weight excluding hydrogens is 198 g/mol. The number of hydrogen-bond donors (Lipinski definition) is 2. The molecule has 1 aromatic heterocycles. The number of aromatic nitrogens is 1. The lowest BCUT2D eigenvalue weighted by atomic mass is 10.1. The molecule has 0 saturated heterocycles. The Balaban J connectivity index is 2.94. The molecule has 0 aliphatic rings. The molecule has 0 radical (unpaired) electrons. The molecule has 14 heavy (non-hydrogen) atoms. The highest BCUT2D eigenvalue weighted by Crippen LogP contribution is 2.27. The van der Waals surface area contributed by atoms with Crippen LogP contribution in [0.15, 0.2) is 0 Å². The first kappa shape index (κ1) is 11.1. The summed E-state index contributed by atoms with van der Waals surface area (Å²) in [6, 6.07) is 0. The van der Waals surface area contributed by atoms with E-state index >= 15 is 0 Å². The molecule has 3 N–H and O–H groups in total. The molecule has 0 aliphatic carbocycles. The molecule has 0 bridgehead atoms. The summed E-state index contributed by atoms with van der Waals surface area (Å²) in [6.45, 7) is 6.07. The Morgan fingerprint density at radius 3 is 2.64 bits per heavy atom. The Labute approximate surface area is 87.5 Å². The van der Waals surface area contributed by atoms with Crippen molar-refractivity contribution < 1.29 is 4.79 Å². The molecular formula is C9H15N3OS. The van der Waals surface area contributed by atoms with Crippen molar-refractivity contribution in [2.24, 2.45) is 5.73 Å². The number of thiazole rings is 1. The van der Waals surface area contributed by atoms with Crippen molar-refractivity contribution in [3.05, 3.63) is 10.6 Å². The molecule has 78 valence electrons. The molecule has 0 unspecified atom stereocenters. The van der Waals surface area contributed by atoms with Crippen LogP contribution >= 0.6 is 11.3 Å². The number of nitrogens with two attached hydrogens (primary N) is 1. The predicted molar refractivity (Wildman–Crippen MR) is 58.4 cm³/mol. The second-order valence-electron chi connectivity index (χ2n) is 3.37. The Kier molecular flexibility index (Phi) is 3.60. The molecule has 0 atom stereocenters. The normalized spacial score (nSPS) is 10.6. The molecule has 0 fully saturated rings. The van der Waals surface area contributed by atoms with Crippen LogP contribution in [-0.4, -0.2) is 10.9 Å². The van der Waals surface area contributed by atoms with Gasteiger partial charge >= 0.3 is 0 Å². The van der Waals surface area contributed by atoms with Gasteiger partial charge in [-0.15, -0.1) is 11.3 Å². The van der Waals surface area contributed by atoms with Gasteiger partial charge < -0.3 is 11.1 Å². The molecule has 0 saturated carbocycles. The molecule has 0 spiro atoms. The van der Waals surface area contributed by atoms with Crippen molar-refractivity contribution >= 4 is 22.4 Å². The number of carbonyl (C=O) groups excluding carboxylic acids is 1. The van der Waals surface area contributed by atoms with Crippen molar-refractivity contribution in [2.75, 3.05) is 5.32 Å². The van der Waals surface area contributed by atoms with E-state index in [1.165, 1.54) is 18.3 Å². The molecule has 1 aromatic rings. The van der Waals surface area contributed by atoms with Crippen LogP contribution in [0, 0.1) is 0 Å². The Morgan fingerprint density at radius 2 is 2.29 bits per heavy atom. The smallest absolute Gasteiger partial charge is 0.223 e. The van der Waals surface area contributed by atoms with E-state index in [9.17, 15) is 4.79 Å². The van der Waals surface area contributed by atoms with Crippen LogP contribution < -0.4 is 11.1 Å². The first-order valence-electron chi connectivity index (χ1n) is 4.51. The van der Waals surface area contributed by atoms with Crippen molar-refractivity contribution in [3.63, 3.8) is 0 Å². The predicted octanol–water partition coefficient (Wildman–Crippen LogP) is 1.68. The van der Waals surface area contributed by atoms with Gasteiger partial charge in [0.05, 0.1) is 5.69 Å². The van der Waals surface area contributed by atoms with Crippen LogP contribution in [0.2, 0.25) is 0 Å². The number of rotatable bonds is 3. The third-order valence-electron chi connectivity index (χ3n) is 1.74. The number of hydrogen-bond acceptors (Lipinski definition) is 4. The summed E-state index contributed by atoms with van der Waals surface area (Å²) in [5, 5.41) is 3.31. The second kappa shape index (κ2) is 4.52. The highest BCUT2D eigenvalue weighted by Gasteiger charge is 2.13. The van der Waals surface area contributed by atoms with Crippen LogP contribution in [-0.2, 0) is 11.3 Å². The monoisotopic (exact) mass is 213 g/mol. The van der Waals surface area contributed by atoms with Crippen LogP contribution in [0.5, 0.6) is 0 Å². The molecule has 0 aliphatic heterocycles. The van der Waals surface area contributed by atoms with Crippen molar-refractivity contribution in [1.29, 1.82) is 0 Å². The lowest BCUT2D eigenvalue weighted by Gasteiger charge is -2.01. The zero-order valence-corrected chi connectivity index (χ0v) is 9.44. The van der Waals surface area contributed by atoms with Gasteiger partial charge in [0.25, 0.3) is 0 Å². The molecule has 1 rings (SSSR count). The third-order valence-corrected chi connectivity index (χ3v) is 2.75. The minimum absolute atomic E-state index is 0.0994. The lowest BCUT2D eigenvalue weighted by Crippen LogP contribution is -2.05. The SMILES string of the molecule is CC(=O)Nc1nc(C(C)C)c(CN)s1. The summed E-state index contributed by atoms with van der Waals surface area (Å²) in [5.41, 5.74) is 6.58. The zero-order valence-electron chi connectivity index (χ0n) is 8.63. The number of carbonyl (C=O) groups is 1. The Hall–Kier alpha value is -0.940. The van der Waals surface area contributed by atoms with E-state index in [1.807, 2.05) is 0 Å². The summed E-state index contributed by atoms with van der Waals surface area (Å²) >= 11 is 1.45. The fraction of sp³-hybridized carbons (Fsp3) is 0.556.